The van der Waals surface area contributed by atoms with E-state index in [0.717, 1.165) is 19.6 Å². The SMILES string of the molecule is Brc1cccn2c(-n3cccc3)c(I)nc12. The molecule has 0 fully saturated rings. The van der Waals surface area contributed by atoms with Crippen LogP contribution in [0.15, 0.2) is 47.3 Å². The van der Waals surface area contributed by atoms with Crippen molar-refractivity contribution in [2.24, 2.45) is 0 Å². The fourth-order valence-electron chi connectivity index (χ4n) is 1.70. The van der Waals surface area contributed by atoms with Crippen LogP contribution in [0.5, 0.6) is 0 Å². The zero-order valence-electron chi connectivity index (χ0n) is 8.14. The summed E-state index contributed by atoms with van der Waals surface area (Å²) in [7, 11) is 0. The van der Waals surface area contributed by atoms with Crippen molar-refractivity contribution >= 4 is 44.2 Å². The highest BCUT2D eigenvalue weighted by Crippen LogP contribution is 2.24. The van der Waals surface area contributed by atoms with Crippen LogP contribution in [0.4, 0.5) is 0 Å². The molecule has 3 aromatic rings. The van der Waals surface area contributed by atoms with Crippen molar-refractivity contribution in [1.82, 2.24) is 14.0 Å². The fourth-order valence-corrected chi connectivity index (χ4v) is 2.90. The Morgan fingerprint density at radius 3 is 2.62 bits per heavy atom. The quantitative estimate of drug-likeness (QED) is 0.586. The molecule has 3 heterocycles. The summed E-state index contributed by atoms with van der Waals surface area (Å²) in [5.74, 6) is 1.07. The number of imidazole rings is 1. The Morgan fingerprint density at radius 1 is 1.12 bits per heavy atom. The maximum atomic E-state index is 4.55. The Kier molecular flexibility index (Phi) is 2.51. The third kappa shape index (κ3) is 1.49. The van der Waals surface area contributed by atoms with Gasteiger partial charge in [0.25, 0.3) is 0 Å². The van der Waals surface area contributed by atoms with Crippen LogP contribution < -0.4 is 0 Å². The molecule has 0 aliphatic heterocycles. The largest absolute Gasteiger partial charge is 0.308 e. The zero-order chi connectivity index (χ0) is 11.1. The van der Waals surface area contributed by atoms with Gasteiger partial charge in [-0.1, -0.05) is 0 Å². The monoisotopic (exact) mass is 387 g/mol. The van der Waals surface area contributed by atoms with E-state index >= 15 is 0 Å². The van der Waals surface area contributed by atoms with Crippen LogP contribution in [0, 0.1) is 3.70 Å². The Labute approximate surface area is 114 Å². The van der Waals surface area contributed by atoms with Crippen LogP contribution in [0.25, 0.3) is 11.5 Å². The highest BCUT2D eigenvalue weighted by Gasteiger charge is 2.12. The Balaban J connectivity index is 2.41. The average molecular weight is 388 g/mol. The van der Waals surface area contributed by atoms with Gasteiger partial charge in [-0.2, -0.15) is 0 Å². The van der Waals surface area contributed by atoms with Gasteiger partial charge >= 0.3 is 0 Å². The summed E-state index contributed by atoms with van der Waals surface area (Å²) < 4.78 is 6.13. The molecule has 16 heavy (non-hydrogen) atoms. The topological polar surface area (TPSA) is 22.2 Å². The summed E-state index contributed by atoms with van der Waals surface area (Å²) in [6.45, 7) is 0. The molecule has 3 nitrogen and oxygen atoms in total. The number of nitrogens with zero attached hydrogens (tertiary/aromatic N) is 3. The van der Waals surface area contributed by atoms with Crippen LogP contribution in [-0.2, 0) is 0 Å². The first-order valence-electron chi connectivity index (χ1n) is 4.73. The highest BCUT2D eigenvalue weighted by atomic mass is 127. The minimum Gasteiger partial charge on any atom is -0.308 e. The molecule has 0 aliphatic rings. The molecule has 0 unspecified atom stereocenters. The van der Waals surface area contributed by atoms with Crippen molar-refractivity contribution in [3.05, 3.63) is 51.0 Å². The smallest absolute Gasteiger partial charge is 0.155 e. The van der Waals surface area contributed by atoms with E-state index in [4.69, 9.17) is 0 Å². The Bertz CT molecular complexity index is 643. The van der Waals surface area contributed by atoms with Crippen molar-refractivity contribution in [1.29, 1.82) is 0 Å². The summed E-state index contributed by atoms with van der Waals surface area (Å²) in [5.41, 5.74) is 0.940. The molecular formula is C11H7BrIN3. The second kappa shape index (κ2) is 3.89. The number of halogens is 2. The van der Waals surface area contributed by atoms with Crippen molar-refractivity contribution in [3.8, 4) is 5.82 Å². The minimum absolute atomic E-state index is 0.940. The molecule has 3 rings (SSSR count). The van der Waals surface area contributed by atoms with Gasteiger partial charge in [-0.3, -0.25) is 4.40 Å². The molecule has 0 spiro atoms. The van der Waals surface area contributed by atoms with E-state index in [9.17, 15) is 0 Å². The van der Waals surface area contributed by atoms with Gasteiger partial charge in [0.15, 0.2) is 11.5 Å². The molecule has 0 bridgehead atoms. The van der Waals surface area contributed by atoms with Crippen molar-refractivity contribution in [3.63, 3.8) is 0 Å². The fraction of sp³-hybridized carbons (Fsp3) is 0. The molecule has 0 aromatic carbocycles. The summed E-state index contributed by atoms with van der Waals surface area (Å²) in [6.07, 6.45) is 6.06. The molecule has 5 heteroatoms. The number of pyridine rings is 1. The summed E-state index contributed by atoms with van der Waals surface area (Å²) in [4.78, 5) is 4.55. The number of hydrogen-bond donors (Lipinski definition) is 0. The zero-order valence-corrected chi connectivity index (χ0v) is 11.9. The molecule has 0 atom stereocenters. The average Bonchev–Trinajstić information content (AvgIpc) is 2.85. The van der Waals surface area contributed by atoms with Gasteiger partial charge in [-0.05, 0) is 62.8 Å². The molecule has 0 amide bonds. The van der Waals surface area contributed by atoms with Crippen LogP contribution in [0.2, 0.25) is 0 Å². The molecule has 3 aromatic heterocycles. The van der Waals surface area contributed by atoms with Crippen molar-refractivity contribution < 1.29 is 0 Å². The number of rotatable bonds is 1. The molecule has 0 saturated carbocycles. The van der Waals surface area contributed by atoms with Crippen molar-refractivity contribution in [2.75, 3.05) is 0 Å². The van der Waals surface area contributed by atoms with E-state index in [0.29, 0.717) is 0 Å². The van der Waals surface area contributed by atoms with Gasteiger partial charge in [0.2, 0.25) is 0 Å². The Hall–Kier alpha value is -0.820. The van der Waals surface area contributed by atoms with Gasteiger partial charge in [0.05, 0.1) is 4.47 Å². The number of fused-ring (bicyclic) bond motifs is 1. The molecule has 0 aliphatic carbocycles. The number of aromatic nitrogens is 3. The van der Waals surface area contributed by atoms with E-state index < -0.39 is 0 Å². The van der Waals surface area contributed by atoms with Crippen LogP contribution in [0.1, 0.15) is 0 Å². The Morgan fingerprint density at radius 2 is 1.88 bits per heavy atom. The predicted octanol–water partition coefficient (Wildman–Crippen LogP) is 3.49. The standard InChI is InChI=1S/C11H7BrIN3/c12-8-4-3-7-16-10(8)14-9(13)11(16)15-5-1-2-6-15/h1-7H. The molecule has 80 valence electrons. The molecule has 0 saturated heterocycles. The third-order valence-electron chi connectivity index (χ3n) is 2.39. The first-order valence-corrected chi connectivity index (χ1v) is 6.60. The van der Waals surface area contributed by atoms with Gasteiger partial charge in [-0.15, -0.1) is 0 Å². The second-order valence-electron chi connectivity index (χ2n) is 3.37. The van der Waals surface area contributed by atoms with Gasteiger partial charge in [0, 0.05) is 18.6 Å². The van der Waals surface area contributed by atoms with Gasteiger partial charge < -0.3 is 4.57 Å². The van der Waals surface area contributed by atoms with E-state index in [-0.39, 0.29) is 0 Å². The predicted molar refractivity (Wildman–Crippen MR) is 74.9 cm³/mol. The molecule has 0 N–H and O–H groups in total. The van der Waals surface area contributed by atoms with Crippen molar-refractivity contribution in [2.45, 2.75) is 0 Å². The third-order valence-corrected chi connectivity index (χ3v) is 3.73. The lowest BCUT2D eigenvalue weighted by atomic mass is 10.5. The summed E-state index contributed by atoms with van der Waals surface area (Å²) in [5, 5.41) is 0. The lowest BCUT2D eigenvalue weighted by molar-refractivity contribution is 0.971. The first kappa shape index (κ1) is 10.3. The van der Waals surface area contributed by atoms with E-state index in [1.54, 1.807) is 0 Å². The highest BCUT2D eigenvalue weighted by molar-refractivity contribution is 14.1. The maximum Gasteiger partial charge on any atom is 0.155 e. The lowest BCUT2D eigenvalue weighted by Gasteiger charge is -2.03. The summed E-state index contributed by atoms with van der Waals surface area (Å²) in [6, 6.07) is 8.01. The minimum atomic E-state index is 0.940. The molecular weight excluding hydrogens is 381 g/mol. The van der Waals surface area contributed by atoms with Crippen LogP contribution >= 0.6 is 38.5 Å². The van der Waals surface area contributed by atoms with Crippen LogP contribution in [-0.4, -0.2) is 14.0 Å². The van der Waals surface area contributed by atoms with E-state index in [1.165, 1.54) is 0 Å². The first-order chi connectivity index (χ1) is 7.77. The number of hydrogen-bond acceptors (Lipinski definition) is 1. The van der Waals surface area contributed by atoms with Gasteiger partial charge in [0.1, 0.15) is 3.70 Å². The van der Waals surface area contributed by atoms with E-state index in [2.05, 4.69) is 52.5 Å². The normalized spacial score (nSPS) is 11.1. The van der Waals surface area contributed by atoms with Crippen LogP contribution in [0.3, 0.4) is 0 Å². The van der Waals surface area contributed by atoms with Gasteiger partial charge in [-0.25, -0.2) is 4.98 Å². The lowest BCUT2D eigenvalue weighted by Crippen LogP contribution is -1.97. The van der Waals surface area contributed by atoms with E-state index in [1.807, 2.05) is 42.9 Å². The molecule has 0 radical (unpaired) electrons. The summed E-state index contributed by atoms with van der Waals surface area (Å²) >= 11 is 5.77. The maximum absolute atomic E-state index is 4.55. The second-order valence-corrected chi connectivity index (χ2v) is 5.24.